The van der Waals surface area contributed by atoms with Gasteiger partial charge in [0.05, 0.1) is 5.52 Å². The molecule has 19 heavy (non-hydrogen) atoms. The summed E-state index contributed by atoms with van der Waals surface area (Å²) in [4.78, 5) is 4.41. The second-order valence-electron chi connectivity index (χ2n) is 4.92. The highest BCUT2D eigenvalue weighted by Crippen LogP contribution is 2.22. The van der Waals surface area contributed by atoms with E-state index in [4.69, 9.17) is 4.74 Å². The summed E-state index contributed by atoms with van der Waals surface area (Å²) >= 11 is 0. The first kappa shape index (κ1) is 12.3. The Hall–Kier alpha value is -1.75. The van der Waals surface area contributed by atoms with Crippen molar-refractivity contribution in [2.24, 2.45) is 0 Å². The Morgan fingerprint density at radius 1 is 1.11 bits per heavy atom. The van der Waals surface area contributed by atoms with Crippen LogP contribution < -0.4 is 10.1 Å². The molecule has 1 fully saturated rings. The lowest BCUT2D eigenvalue weighted by Crippen LogP contribution is -2.43. The van der Waals surface area contributed by atoms with Crippen LogP contribution in [-0.2, 0) is 0 Å². The zero-order valence-electron chi connectivity index (χ0n) is 11.0. The van der Waals surface area contributed by atoms with Gasteiger partial charge < -0.3 is 10.1 Å². The first-order valence-corrected chi connectivity index (χ1v) is 6.80. The fourth-order valence-electron chi connectivity index (χ4n) is 2.62. The van der Waals surface area contributed by atoms with Crippen LogP contribution in [0.5, 0.6) is 6.01 Å². The number of para-hydroxylation sites is 1. The predicted molar refractivity (Wildman–Crippen MR) is 73.1 cm³/mol. The molecule has 1 N–H and O–H groups in total. The maximum Gasteiger partial charge on any atom is 0.336 e. The normalized spacial score (nSPS) is 23.4. The molecule has 2 aromatic rings. The number of nitrogens with zero attached hydrogens (tertiary/aromatic N) is 3. The first-order chi connectivity index (χ1) is 9.36. The van der Waals surface area contributed by atoms with Gasteiger partial charge in [-0.05, 0) is 38.4 Å². The van der Waals surface area contributed by atoms with Gasteiger partial charge in [-0.1, -0.05) is 23.7 Å². The van der Waals surface area contributed by atoms with Crippen molar-refractivity contribution in [1.82, 2.24) is 20.5 Å². The van der Waals surface area contributed by atoms with Crippen LogP contribution >= 0.6 is 0 Å². The summed E-state index contributed by atoms with van der Waals surface area (Å²) in [5.74, 6) is 0. The molecule has 0 saturated heterocycles. The van der Waals surface area contributed by atoms with E-state index in [1.165, 1.54) is 12.8 Å². The molecule has 0 bridgehead atoms. The summed E-state index contributed by atoms with van der Waals surface area (Å²) in [6.07, 6.45) is 4.78. The van der Waals surface area contributed by atoms with E-state index in [9.17, 15) is 0 Å². The van der Waals surface area contributed by atoms with E-state index in [1.807, 2.05) is 31.3 Å². The van der Waals surface area contributed by atoms with Gasteiger partial charge >= 0.3 is 6.01 Å². The van der Waals surface area contributed by atoms with E-state index in [1.54, 1.807) is 0 Å². The van der Waals surface area contributed by atoms with Gasteiger partial charge in [-0.2, -0.15) is 4.98 Å². The third kappa shape index (κ3) is 2.66. The van der Waals surface area contributed by atoms with Crippen LogP contribution in [-0.4, -0.2) is 34.4 Å². The molecule has 1 aliphatic carbocycles. The average molecular weight is 258 g/mol. The Bertz CT molecular complexity index is 560. The summed E-state index contributed by atoms with van der Waals surface area (Å²) < 4.78 is 5.92. The molecule has 1 saturated carbocycles. The van der Waals surface area contributed by atoms with Crippen LogP contribution in [0.3, 0.4) is 0 Å². The molecule has 5 nitrogen and oxygen atoms in total. The largest absolute Gasteiger partial charge is 0.457 e. The van der Waals surface area contributed by atoms with Gasteiger partial charge in [0.25, 0.3) is 0 Å². The van der Waals surface area contributed by atoms with Gasteiger partial charge in [0.15, 0.2) is 0 Å². The van der Waals surface area contributed by atoms with Crippen molar-refractivity contribution in [3.05, 3.63) is 24.3 Å². The number of benzene rings is 1. The summed E-state index contributed by atoms with van der Waals surface area (Å²) in [5, 5.41) is 11.5. The second kappa shape index (κ2) is 5.48. The predicted octanol–water partition coefficient (Wildman–Crippen LogP) is 1.93. The molecule has 1 aromatic heterocycles. The van der Waals surface area contributed by atoms with E-state index in [0.29, 0.717) is 12.1 Å². The van der Waals surface area contributed by atoms with Gasteiger partial charge in [0.2, 0.25) is 0 Å². The van der Waals surface area contributed by atoms with E-state index in [0.717, 1.165) is 23.9 Å². The lowest BCUT2D eigenvalue weighted by Gasteiger charge is -2.30. The van der Waals surface area contributed by atoms with Gasteiger partial charge in [0.1, 0.15) is 11.6 Å². The number of nitrogens with one attached hydrogen (secondary N) is 1. The van der Waals surface area contributed by atoms with Crippen LogP contribution in [0.25, 0.3) is 11.0 Å². The molecule has 0 spiro atoms. The van der Waals surface area contributed by atoms with Crippen LogP contribution in [0.1, 0.15) is 25.7 Å². The molecular formula is C14H18N4O. The van der Waals surface area contributed by atoms with Crippen LogP contribution in [0.15, 0.2) is 24.3 Å². The number of hydrogen-bond acceptors (Lipinski definition) is 5. The van der Waals surface area contributed by atoms with Gasteiger partial charge in [-0.15, -0.1) is 5.10 Å². The third-order valence-corrected chi connectivity index (χ3v) is 3.67. The lowest BCUT2D eigenvalue weighted by atomic mass is 9.92. The average Bonchev–Trinajstić information content (AvgIpc) is 2.48. The highest BCUT2D eigenvalue weighted by Gasteiger charge is 2.26. The molecule has 0 aliphatic heterocycles. The molecule has 2 unspecified atom stereocenters. The molecule has 1 heterocycles. The van der Waals surface area contributed by atoms with Crippen molar-refractivity contribution in [2.75, 3.05) is 7.05 Å². The lowest BCUT2D eigenvalue weighted by molar-refractivity contribution is 0.106. The summed E-state index contributed by atoms with van der Waals surface area (Å²) in [6, 6.07) is 8.45. The summed E-state index contributed by atoms with van der Waals surface area (Å²) in [6.45, 7) is 0. The molecule has 2 atom stereocenters. The molecule has 1 aliphatic rings. The van der Waals surface area contributed by atoms with E-state index in [-0.39, 0.29) is 6.10 Å². The SMILES string of the molecule is CNC1CCCCC1Oc1nnc2ccccc2n1. The summed E-state index contributed by atoms with van der Waals surface area (Å²) in [7, 11) is 1.98. The van der Waals surface area contributed by atoms with E-state index < -0.39 is 0 Å². The van der Waals surface area contributed by atoms with Gasteiger partial charge in [-0.3, -0.25) is 0 Å². The highest BCUT2D eigenvalue weighted by molar-refractivity contribution is 5.73. The minimum Gasteiger partial charge on any atom is -0.457 e. The third-order valence-electron chi connectivity index (χ3n) is 3.67. The Morgan fingerprint density at radius 3 is 2.74 bits per heavy atom. The molecular weight excluding hydrogens is 240 g/mol. The minimum atomic E-state index is 0.140. The van der Waals surface area contributed by atoms with Crippen molar-refractivity contribution >= 4 is 11.0 Å². The first-order valence-electron chi connectivity index (χ1n) is 6.80. The molecule has 100 valence electrons. The Labute approximate surface area is 112 Å². The van der Waals surface area contributed by atoms with Gasteiger partial charge in [0, 0.05) is 6.04 Å². The molecule has 0 amide bonds. The molecule has 1 aromatic carbocycles. The zero-order chi connectivity index (χ0) is 13.1. The smallest absolute Gasteiger partial charge is 0.336 e. The number of likely N-dealkylation sites (N-methyl/N-ethyl adjacent to an activating group) is 1. The number of rotatable bonds is 3. The van der Waals surface area contributed by atoms with Crippen molar-refractivity contribution in [2.45, 2.75) is 37.8 Å². The standard InChI is InChI=1S/C14H18N4O/c1-15-12-8-4-5-9-13(12)19-14-16-10-6-2-3-7-11(10)17-18-14/h2-3,6-7,12-13,15H,4-5,8-9H2,1H3. The van der Waals surface area contributed by atoms with Crippen molar-refractivity contribution < 1.29 is 4.74 Å². The fraction of sp³-hybridized carbons (Fsp3) is 0.500. The Kier molecular flexibility index (Phi) is 3.55. The van der Waals surface area contributed by atoms with Crippen LogP contribution in [0.4, 0.5) is 0 Å². The van der Waals surface area contributed by atoms with Crippen molar-refractivity contribution in [3.63, 3.8) is 0 Å². The maximum absolute atomic E-state index is 5.92. The van der Waals surface area contributed by atoms with E-state index >= 15 is 0 Å². The highest BCUT2D eigenvalue weighted by atomic mass is 16.5. The topological polar surface area (TPSA) is 59.9 Å². The maximum atomic E-state index is 5.92. The fourth-order valence-corrected chi connectivity index (χ4v) is 2.62. The molecule has 3 rings (SSSR count). The number of ether oxygens (including phenoxy) is 1. The number of fused-ring (bicyclic) bond motifs is 1. The number of aromatic nitrogens is 3. The van der Waals surface area contributed by atoms with Crippen molar-refractivity contribution in [1.29, 1.82) is 0 Å². The second-order valence-corrected chi connectivity index (χ2v) is 4.92. The van der Waals surface area contributed by atoms with Gasteiger partial charge in [-0.25, -0.2) is 0 Å². The Morgan fingerprint density at radius 2 is 1.89 bits per heavy atom. The van der Waals surface area contributed by atoms with E-state index in [2.05, 4.69) is 20.5 Å². The number of hydrogen-bond donors (Lipinski definition) is 1. The van der Waals surface area contributed by atoms with Crippen LogP contribution in [0.2, 0.25) is 0 Å². The Balaban J connectivity index is 1.80. The zero-order valence-corrected chi connectivity index (χ0v) is 11.0. The quantitative estimate of drug-likeness (QED) is 0.911. The van der Waals surface area contributed by atoms with Crippen LogP contribution in [0, 0.1) is 0 Å². The van der Waals surface area contributed by atoms with Crippen molar-refractivity contribution in [3.8, 4) is 6.01 Å². The summed E-state index contributed by atoms with van der Waals surface area (Å²) in [5.41, 5.74) is 1.62. The molecule has 0 radical (unpaired) electrons. The minimum absolute atomic E-state index is 0.140. The molecule has 5 heteroatoms. The monoisotopic (exact) mass is 258 g/mol.